The molecule has 0 saturated heterocycles. The van der Waals surface area contributed by atoms with Crippen LogP contribution >= 0.6 is 0 Å². The molecule has 14 nitrogen and oxygen atoms in total. The number of amides is 3. The largest absolute Gasteiger partial charge is 0.481 e. The number of aliphatic carboxylic acids is 2. The third-order valence-corrected chi connectivity index (χ3v) is 6.97. The van der Waals surface area contributed by atoms with Crippen molar-refractivity contribution in [3.05, 3.63) is 90.1 Å². The lowest BCUT2D eigenvalue weighted by Gasteiger charge is -2.25. The van der Waals surface area contributed by atoms with Crippen LogP contribution in [-0.2, 0) is 43.2 Å². The van der Waals surface area contributed by atoms with Gasteiger partial charge in [0.25, 0.3) is 0 Å². The summed E-state index contributed by atoms with van der Waals surface area (Å²) in [5.74, 6) is -4.94. The van der Waals surface area contributed by atoms with Crippen molar-refractivity contribution in [2.24, 2.45) is 5.73 Å². The predicted molar refractivity (Wildman–Crippen MR) is 158 cm³/mol. The van der Waals surface area contributed by atoms with E-state index in [4.69, 9.17) is 10.8 Å². The van der Waals surface area contributed by atoms with E-state index in [0.717, 1.165) is 10.9 Å². The molecule has 4 aromatic rings. The second-order valence-electron chi connectivity index (χ2n) is 10.3. The lowest BCUT2D eigenvalue weighted by Crippen LogP contribution is -2.58. The van der Waals surface area contributed by atoms with Gasteiger partial charge >= 0.3 is 11.9 Å². The van der Waals surface area contributed by atoms with Gasteiger partial charge in [0, 0.05) is 48.3 Å². The first kappa shape index (κ1) is 31.4. The van der Waals surface area contributed by atoms with Crippen LogP contribution in [0.1, 0.15) is 23.2 Å². The molecule has 0 aliphatic rings. The zero-order valence-corrected chi connectivity index (χ0v) is 23.5. The molecule has 0 fully saturated rings. The maximum Gasteiger partial charge on any atom is 0.326 e. The highest BCUT2D eigenvalue weighted by molar-refractivity contribution is 5.95. The molecule has 0 bridgehead atoms. The molecule has 0 saturated carbocycles. The van der Waals surface area contributed by atoms with E-state index >= 15 is 0 Å². The lowest BCUT2D eigenvalue weighted by atomic mass is 10.0. The molecule has 0 radical (unpaired) electrons. The van der Waals surface area contributed by atoms with E-state index in [9.17, 15) is 29.1 Å². The molecule has 0 aliphatic heterocycles. The molecular formula is C30H33N7O7. The second kappa shape index (κ2) is 14.6. The molecule has 4 unspecified atom stereocenters. The number of para-hydroxylation sites is 1. The molecule has 4 rings (SSSR count). The van der Waals surface area contributed by atoms with Gasteiger partial charge < -0.3 is 41.9 Å². The molecule has 9 N–H and O–H groups in total. The Kier molecular flexibility index (Phi) is 10.4. The number of aromatic amines is 2. The van der Waals surface area contributed by atoms with Crippen LogP contribution in [0.25, 0.3) is 10.9 Å². The zero-order chi connectivity index (χ0) is 31.6. The summed E-state index contributed by atoms with van der Waals surface area (Å²) in [7, 11) is 0. The number of carbonyl (C=O) groups is 5. The van der Waals surface area contributed by atoms with Gasteiger partial charge in [0.2, 0.25) is 17.7 Å². The van der Waals surface area contributed by atoms with E-state index < -0.39 is 60.2 Å². The van der Waals surface area contributed by atoms with Crippen molar-refractivity contribution in [2.75, 3.05) is 0 Å². The minimum Gasteiger partial charge on any atom is -0.481 e. The first-order valence-corrected chi connectivity index (χ1v) is 13.8. The molecule has 230 valence electrons. The number of fused-ring (bicyclic) bond motifs is 1. The number of hydrogen-bond acceptors (Lipinski definition) is 7. The number of carboxylic acid groups (broad SMARTS) is 2. The van der Waals surface area contributed by atoms with E-state index in [2.05, 4.69) is 30.9 Å². The molecule has 44 heavy (non-hydrogen) atoms. The number of imidazole rings is 1. The van der Waals surface area contributed by atoms with Crippen LogP contribution in [-0.4, -0.2) is 79.0 Å². The Hall–Kier alpha value is -5.50. The monoisotopic (exact) mass is 603 g/mol. The van der Waals surface area contributed by atoms with Crippen molar-refractivity contribution in [1.82, 2.24) is 30.9 Å². The molecule has 0 spiro atoms. The number of rotatable bonds is 15. The topological polar surface area (TPSA) is 232 Å². The number of nitrogens with one attached hydrogen (secondary N) is 5. The predicted octanol–water partition coefficient (Wildman–Crippen LogP) is 0.260. The van der Waals surface area contributed by atoms with Crippen LogP contribution in [0.5, 0.6) is 0 Å². The van der Waals surface area contributed by atoms with Gasteiger partial charge in [-0.15, -0.1) is 0 Å². The van der Waals surface area contributed by atoms with E-state index in [0.29, 0.717) is 16.8 Å². The Morgan fingerprint density at radius 3 is 2.07 bits per heavy atom. The first-order valence-electron chi connectivity index (χ1n) is 13.8. The maximum absolute atomic E-state index is 13.6. The summed E-state index contributed by atoms with van der Waals surface area (Å²) >= 11 is 0. The van der Waals surface area contributed by atoms with Gasteiger partial charge in [0.15, 0.2) is 0 Å². The van der Waals surface area contributed by atoms with Crippen LogP contribution in [0, 0.1) is 0 Å². The molecule has 2 aromatic carbocycles. The Labute approximate surface area is 251 Å². The third kappa shape index (κ3) is 8.51. The number of nitrogens with zero attached hydrogens (tertiary/aromatic N) is 1. The first-order chi connectivity index (χ1) is 21.1. The van der Waals surface area contributed by atoms with Crippen molar-refractivity contribution in [1.29, 1.82) is 0 Å². The number of nitrogens with two attached hydrogens (primary N) is 1. The Bertz CT molecular complexity index is 1600. The van der Waals surface area contributed by atoms with Gasteiger partial charge in [-0.3, -0.25) is 19.2 Å². The fourth-order valence-electron chi connectivity index (χ4n) is 4.71. The number of hydrogen-bond donors (Lipinski definition) is 8. The van der Waals surface area contributed by atoms with Gasteiger partial charge in [-0.2, -0.15) is 0 Å². The molecule has 14 heteroatoms. The molecule has 0 aliphatic carbocycles. The number of H-pyrrole nitrogens is 2. The average molecular weight is 604 g/mol. The van der Waals surface area contributed by atoms with Crippen LogP contribution < -0.4 is 21.7 Å². The molecule has 4 atom stereocenters. The van der Waals surface area contributed by atoms with Crippen molar-refractivity contribution < 1.29 is 34.2 Å². The average Bonchev–Trinajstić information content (AvgIpc) is 3.66. The molecular weight excluding hydrogens is 570 g/mol. The van der Waals surface area contributed by atoms with E-state index in [1.807, 2.05) is 24.3 Å². The fourth-order valence-corrected chi connectivity index (χ4v) is 4.71. The summed E-state index contributed by atoms with van der Waals surface area (Å²) in [5.41, 5.74) is 8.37. The van der Waals surface area contributed by atoms with Crippen molar-refractivity contribution in [3.8, 4) is 0 Å². The molecule has 2 heterocycles. The maximum atomic E-state index is 13.6. The minimum absolute atomic E-state index is 0.00956. The number of carboxylic acids is 2. The molecule has 3 amide bonds. The van der Waals surface area contributed by atoms with Crippen molar-refractivity contribution in [3.63, 3.8) is 0 Å². The SMILES string of the molecule is NC(CC(=O)O)C(=O)NC(Cc1cnc[nH]1)C(=O)NC(Cc1c[nH]c2ccccc12)C(=O)NC(Cc1ccccc1)C(=O)O. The van der Waals surface area contributed by atoms with Gasteiger partial charge in [0.1, 0.15) is 18.1 Å². The standard InChI is InChI=1S/C30H33N7O7/c31-21(13-26(38)39)27(40)35-24(12-19-15-32-16-34-19)29(42)36-23(11-18-14-33-22-9-5-4-8-20(18)22)28(41)37-25(30(43)44)10-17-6-2-1-3-7-17/h1-9,14-16,21,23-25,33H,10-13,31H2,(H,32,34)(H,35,40)(H,36,42)(H,37,41)(H,38,39)(H,43,44). The summed E-state index contributed by atoms with van der Waals surface area (Å²) < 4.78 is 0. The van der Waals surface area contributed by atoms with Gasteiger partial charge in [-0.05, 0) is 17.2 Å². The van der Waals surface area contributed by atoms with Crippen molar-refractivity contribution >= 4 is 40.6 Å². The number of carbonyl (C=O) groups excluding carboxylic acids is 3. The fraction of sp³-hybridized carbons (Fsp3) is 0.267. The van der Waals surface area contributed by atoms with Gasteiger partial charge in [0.05, 0.1) is 18.8 Å². The highest BCUT2D eigenvalue weighted by Gasteiger charge is 2.32. The van der Waals surface area contributed by atoms with Crippen LogP contribution in [0.3, 0.4) is 0 Å². The van der Waals surface area contributed by atoms with E-state index in [-0.39, 0.29) is 19.3 Å². The van der Waals surface area contributed by atoms with Crippen LogP contribution in [0.15, 0.2) is 73.3 Å². The summed E-state index contributed by atoms with van der Waals surface area (Å²) in [5, 5.41) is 27.4. The summed E-state index contributed by atoms with van der Waals surface area (Å²) in [6.07, 6.45) is 3.79. The number of benzene rings is 2. The molecule has 2 aromatic heterocycles. The summed E-state index contributed by atoms with van der Waals surface area (Å²) in [4.78, 5) is 73.0. The zero-order valence-electron chi connectivity index (χ0n) is 23.5. The minimum atomic E-state index is -1.43. The smallest absolute Gasteiger partial charge is 0.326 e. The number of aromatic nitrogens is 3. The van der Waals surface area contributed by atoms with Crippen LogP contribution in [0.2, 0.25) is 0 Å². The van der Waals surface area contributed by atoms with Crippen molar-refractivity contribution in [2.45, 2.75) is 49.9 Å². The Balaban J connectivity index is 1.59. The second-order valence-corrected chi connectivity index (χ2v) is 10.3. The van der Waals surface area contributed by atoms with Gasteiger partial charge in [-0.1, -0.05) is 48.5 Å². The highest BCUT2D eigenvalue weighted by atomic mass is 16.4. The normalized spacial score (nSPS) is 13.8. The Morgan fingerprint density at radius 1 is 0.773 bits per heavy atom. The highest BCUT2D eigenvalue weighted by Crippen LogP contribution is 2.19. The van der Waals surface area contributed by atoms with Crippen LogP contribution in [0.4, 0.5) is 0 Å². The lowest BCUT2D eigenvalue weighted by molar-refractivity contribution is -0.142. The summed E-state index contributed by atoms with van der Waals surface area (Å²) in [6.45, 7) is 0. The summed E-state index contributed by atoms with van der Waals surface area (Å²) in [6, 6.07) is 10.9. The third-order valence-electron chi connectivity index (χ3n) is 6.97. The Morgan fingerprint density at radius 2 is 1.41 bits per heavy atom. The quantitative estimate of drug-likeness (QED) is 0.0929. The van der Waals surface area contributed by atoms with E-state index in [1.54, 1.807) is 36.5 Å². The van der Waals surface area contributed by atoms with E-state index in [1.165, 1.54) is 12.5 Å². The van der Waals surface area contributed by atoms with Gasteiger partial charge in [-0.25, -0.2) is 9.78 Å².